The smallest absolute Gasteiger partial charge is 0.413 e. The van der Waals surface area contributed by atoms with Gasteiger partial charge in [-0.1, -0.05) is 41.6 Å². The molecule has 1 saturated heterocycles. The van der Waals surface area contributed by atoms with Crippen LogP contribution in [0.25, 0.3) is 0 Å². The molecule has 3 aromatic rings. The molecule has 1 amide bonds. The van der Waals surface area contributed by atoms with E-state index in [9.17, 15) is 14.7 Å². The Morgan fingerprint density at radius 1 is 1.13 bits per heavy atom. The van der Waals surface area contributed by atoms with Crippen molar-refractivity contribution in [3.05, 3.63) is 70.9 Å². The fourth-order valence-electron chi connectivity index (χ4n) is 5.51. The van der Waals surface area contributed by atoms with E-state index < -0.39 is 23.6 Å². The molecule has 2 aromatic carbocycles. The predicted molar refractivity (Wildman–Crippen MR) is 146 cm³/mol. The van der Waals surface area contributed by atoms with E-state index in [1.807, 2.05) is 55.5 Å². The Bertz CT molecular complexity index is 1330. The van der Waals surface area contributed by atoms with Crippen LogP contribution in [-0.2, 0) is 33.3 Å². The van der Waals surface area contributed by atoms with Crippen molar-refractivity contribution in [3.8, 4) is 0 Å². The summed E-state index contributed by atoms with van der Waals surface area (Å²) >= 11 is 0. The zero-order valence-electron chi connectivity index (χ0n) is 22.6. The average molecular weight is 534 g/mol. The molecule has 2 aliphatic rings. The highest BCUT2D eigenvalue weighted by molar-refractivity contribution is 5.85. The monoisotopic (exact) mass is 533 g/mol. The number of carbonyl (C=O) groups excluding carboxylic acids is 1. The maximum absolute atomic E-state index is 12.9. The second kappa shape index (κ2) is 11.1. The molecule has 10 heteroatoms. The molecule has 1 aromatic heterocycles. The summed E-state index contributed by atoms with van der Waals surface area (Å²) in [5.41, 5.74) is 3.91. The molecule has 1 saturated carbocycles. The summed E-state index contributed by atoms with van der Waals surface area (Å²) in [7, 11) is 3.39. The van der Waals surface area contributed by atoms with Gasteiger partial charge in [0.2, 0.25) is 0 Å². The van der Waals surface area contributed by atoms with Gasteiger partial charge in [-0.15, -0.1) is 5.10 Å². The van der Waals surface area contributed by atoms with Crippen molar-refractivity contribution < 1.29 is 24.2 Å². The lowest BCUT2D eigenvalue weighted by molar-refractivity contribution is -0.140. The third-order valence-electron chi connectivity index (χ3n) is 7.98. The van der Waals surface area contributed by atoms with Crippen LogP contribution in [0.3, 0.4) is 0 Å². The topological polar surface area (TPSA) is 119 Å². The van der Waals surface area contributed by atoms with Crippen molar-refractivity contribution in [3.63, 3.8) is 0 Å². The van der Waals surface area contributed by atoms with Gasteiger partial charge in [-0.2, -0.15) is 0 Å². The van der Waals surface area contributed by atoms with Crippen LogP contribution in [-0.4, -0.2) is 52.4 Å². The van der Waals surface area contributed by atoms with E-state index in [0.29, 0.717) is 25.3 Å². The minimum atomic E-state index is -0.737. The first-order valence-corrected chi connectivity index (χ1v) is 13.3. The van der Waals surface area contributed by atoms with E-state index in [1.165, 1.54) is 0 Å². The number of aromatic nitrogens is 3. The first-order valence-electron chi connectivity index (χ1n) is 13.3. The highest BCUT2D eigenvalue weighted by Gasteiger charge is 2.51. The Hall–Kier alpha value is -3.92. The molecule has 39 heavy (non-hydrogen) atoms. The summed E-state index contributed by atoms with van der Waals surface area (Å²) in [5, 5.41) is 21.0. The molecular formula is C29H35N5O5. The number of anilines is 2. The number of carboxylic acid groups (broad SMARTS) is 1. The minimum absolute atomic E-state index is 0.145. The second-order valence-corrected chi connectivity index (χ2v) is 10.4. The lowest BCUT2D eigenvalue weighted by Gasteiger charge is -2.33. The molecule has 1 atom stereocenters. The number of rotatable bonds is 9. The molecule has 1 unspecified atom stereocenters. The van der Waals surface area contributed by atoms with Crippen LogP contribution in [0.15, 0.2) is 48.5 Å². The number of piperidine rings is 1. The van der Waals surface area contributed by atoms with E-state index in [4.69, 9.17) is 9.47 Å². The van der Waals surface area contributed by atoms with E-state index in [2.05, 4.69) is 20.5 Å². The number of hydrogen-bond donors (Lipinski definition) is 2. The van der Waals surface area contributed by atoms with Gasteiger partial charge in [0.1, 0.15) is 11.8 Å². The molecular weight excluding hydrogens is 498 g/mol. The average Bonchev–Trinajstić information content (AvgIpc) is 3.69. The van der Waals surface area contributed by atoms with E-state index in [1.54, 1.807) is 18.8 Å². The van der Waals surface area contributed by atoms with Crippen molar-refractivity contribution in [1.29, 1.82) is 0 Å². The lowest BCUT2D eigenvalue weighted by Crippen LogP contribution is -2.33. The van der Waals surface area contributed by atoms with E-state index >= 15 is 0 Å². The van der Waals surface area contributed by atoms with Gasteiger partial charge in [0.25, 0.3) is 0 Å². The number of aryl methyl sites for hydroxylation is 1. The van der Waals surface area contributed by atoms with Gasteiger partial charge in [-0.25, -0.2) is 9.48 Å². The Morgan fingerprint density at radius 3 is 2.46 bits per heavy atom. The van der Waals surface area contributed by atoms with Gasteiger partial charge in [0.05, 0.1) is 12.0 Å². The minimum Gasteiger partial charge on any atom is -0.481 e. The predicted octanol–water partition coefficient (Wildman–Crippen LogP) is 4.77. The number of carboxylic acids is 1. The summed E-state index contributed by atoms with van der Waals surface area (Å²) in [4.78, 5) is 26.8. The Kier molecular flexibility index (Phi) is 7.56. The van der Waals surface area contributed by atoms with Crippen molar-refractivity contribution >= 4 is 23.6 Å². The molecule has 0 radical (unpaired) electrons. The normalized spacial score (nSPS) is 17.5. The number of benzene rings is 2. The number of nitrogens with zero attached hydrogens (tertiary/aromatic N) is 4. The third kappa shape index (κ3) is 5.47. The number of hydrogen-bond acceptors (Lipinski definition) is 7. The number of aliphatic carboxylic acids is 1. The van der Waals surface area contributed by atoms with Crippen molar-refractivity contribution in [2.45, 2.75) is 56.7 Å². The van der Waals surface area contributed by atoms with Crippen LogP contribution in [0.4, 0.5) is 16.3 Å². The Balaban J connectivity index is 1.20. The largest absolute Gasteiger partial charge is 0.481 e. The van der Waals surface area contributed by atoms with Gasteiger partial charge in [-0.05, 0) is 61.4 Å². The SMILES string of the molecule is COCc1ccccc1C(C)OC(=O)Nc1c(C2CCN(c3ccc(C4(C(=O)O)CC4)cc3)CC2)nnn1C. The van der Waals surface area contributed by atoms with Crippen LogP contribution >= 0.6 is 0 Å². The zero-order valence-corrected chi connectivity index (χ0v) is 22.6. The summed E-state index contributed by atoms with van der Waals surface area (Å²) in [6.45, 7) is 3.92. The van der Waals surface area contributed by atoms with Crippen LogP contribution in [0.2, 0.25) is 0 Å². The van der Waals surface area contributed by atoms with Gasteiger partial charge < -0.3 is 19.5 Å². The van der Waals surface area contributed by atoms with Gasteiger partial charge in [0.15, 0.2) is 5.82 Å². The molecule has 5 rings (SSSR count). The first kappa shape index (κ1) is 26.7. The van der Waals surface area contributed by atoms with Crippen LogP contribution < -0.4 is 10.2 Å². The number of methoxy groups -OCH3 is 1. The molecule has 2 heterocycles. The number of nitrogens with one attached hydrogen (secondary N) is 1. The molecule has 1 aliphatic heterocycles. The third-order valence-corrected chi connectivity index (χ3v) is 7.98. The summed E-state index contributed by atoms with van der Waals surface area (Å²) in [6, 6.07) is 15.7. The zero-order chi connectivity index (χ0) is 27.6. The Labute approximate surface area is 227 Å². The fraction of sp³-hybridized carbons (Fsp3) is 0.448. The van der Waals surface area contributed by atoms with Crippen molar-refractivity contribution in [1.82, 2.24) is 15.0 Å². The maximum Gasteiger partial charge on any atom is 0.413 e. The van der Waals surface area contributed by atoms with Gasteiger partial charge in [0, 0.05) is 38.9 Å². The summed E-state index contributed by atoms with van der Waals surface area (Å²) in [6.07, 6.45) is 2.09. The highest BCUT2D eigenvalue weighted by atomic mass is 16.6. The van der Waals surface area contributed by atoms with Crippen LogP contribution in [0.5, 0.6) is 0 Å². The van der Waals surface area contributed by atoms with Gasteiger partial charge in [-0.3, -0.25) is 10.1 Å². The molecule has 2 fully saturated rings. The fourth-order valence-corrected chi connectivity index (χ4v) is 5.51. The standard InChI is InChI=1S/C29H35N5O5/c1-19(24-7-5-4-6-21(24)18-38-3)39-28(37)30-26-25(31-32-33(26)2)20-12-16-34(17-13-20)23-10-8-22(9-11-23)29(14-15-29)27(35)36/h4-11,19-20H,12-18H2,1-3H3,(H,30,37)(H,35,36). The number of amides is 1. The van der Waals surface area contributed by atoms with Crippen molar-refractivity contribution in [2.24, 2.45) is 7.05 Å². The van der Waals surface area contributed by atoms with E-state index in [0.717, 1.165) is 54.0 Å². The molecule has 0 bridgehead atoms. The van der Waals surface area contributed by atoms with Crippen LogP contribution in [0, 0.1) is 0 Å². The highest BCUT2D eigenvalue weighted by Crippen LogP contribution is 2.48. The molecule has 2 N–H and O–H groups in total. The number of ether oxygens (including phenoxy) is 2. The van der Waals surface area contributed by atoms with Crippen molar-refractivity contribution in [2.75, 3.05) is 30.4 Å². The van der Waals surface area contributed by atoms with Gasteiger partial charge >= 0.3 is 12.1 Å². The molecule has 10 nitrogen and oxygen atoms in total. The van der Waals surface area contributed by atoms with E-state index in [-0.39, 0.29) is 5.92 Å². The number of carbonyl (C=O) groups is 2. The maximum atomic E-state index is 12.9. The Morgan fingerprint density at radius 2 is 1.82 bits per heavy atom. The van der Waals surface area contributed by atoms with Crippen LogP contribution in [0.1, 0.15) is 67.0 Å². The molecule has 206 valence electrons. The quantitative estimate of drug-likeness (QED) is 0.404. The lowest BCUT2D eigenvalue weighted by atomic mass is 9.92. The summed E-state index contributed by atoms with van der Waals surface area (Å²) in [5.74, 6) is -0.0478. The molecule has 1 aliphatic carbocycles. The summed E-state index contributed by atoms with van der Waals surface area (Å²) < 4.78 is 12.5. The molecule has 0 spiro atoms. The second-order valence-electron chi connectivity index (χ2n) is 10.4. The first-order chi connectivity index (χ1) is 18.8.